The molecule has 2 aromatic carbocycles. The van der Waals surface area contributed by atoms with E-state index < -0.39 is 15.8 Å². The summed E-state index contributed by atoms with van der Waals surface area (Å²) >= 11 is 0. The summed E-state index contributed by atoms with van der Waals surface area (Å²) in [7, 11) is -3.82. The summed E-state index contributed by atoms with van der Waals surface area (Å²) in [5.74, 6) is 0.125. The second-order valence-electron chi connectivity index (χ2n) is 6.32. The lowest BCUT2D eigenvalue weighted by Gasteiger charge is -2.12. The summed E-state index contributed by atoms with van der Waals surface area (Å²) in [6.45, 7) is 5.60. The molecule has 0 aliphatic heterocycles. The molecule has 7 heteroatoms. The average molecular weight is 385 g/mol. The molecule has 2 N–H and O–H groups in total. The molecule has 0 bridgehead atoms. The van der Waals surface area contributed by atoms with Crippen LogP contribution in [0.15, 0.2) is 59.6 Å². The maximum Gasteiger partial charge on any atom is 0.262 e. The van der Waals surface area contributed by atoms with Crippen molar-refractivity contribution < 1.29 is 12.8 Å². The van der Waals surface area contributed by atoms with Gasteiger partial charge in [-0.2, -0.15) is 0 Å². The first-order valence-electron chi connectivity index (χ1n) is 8.34. The molecule has 0 aliphatic carbocycles. The summed E-state index contributed by atoms with van der Waals surface area (Å²) in [4.78, 5) is 4.29. The Hall–Kier alpha value is -2.93. The van der Waals surface area contributed by atoms with Crippen LogP contribution in [0.25, 0.3) is 0 Å². The van der Waals surface area contributed by atoms with Gasteiger partial charge in [-0.05, 0) is 73.9 Å². The Balaban J connectivity index is 1.78. The van der Waals surface area contributed by atoms with Gasteiger partial charge in [0.2, 0.25) is 0 Å². The first-order valence-corrected chi connectivity index (χ1v) is 9.83. The van der Waals surface area contributed by atoms with E-state index in [-0.39, 0.29) is 4.90 Å². The Kier molecular flexibility index (Phi) is 5.14. The number of nitrogens with one attached hydrogen (secondary N) is 2. The highest BCUT2D eigenvalue weighted by Crippen LogP contribution is 2.24. The Morgan fingerprint density at radius 2 is 1.74 bits per heavy atom. The van der Waals surface area contributed by atoms with Crippen molar-refractivity contribution in [3.63, 3.8) is 0 Å². The molecule has 0 radical (unpaired) electrons. The van der Waals surface area contributed by atoms with Crippen LogP contribution in [0.4, 0.5) is 21.6 Å². The van der Waals surface area contributed by atoms with E-state index in [2.05, 4.69) is 15.0 Å². The quantitative estimate of drug-likeness (QED) is 0.668. The van der Waals surface area contributed by atoms with Crippen LogP contribution in [0, 0.1) is 26.6 Å². The Morgan fingerprint density at radius 1 is 0.963 bits per heavy atom. The second-order valence-corrected chi connectivity index (χ2v) is 7.97. The second kappa shape index (κ2) is 7.36. The number of hydrogen-bond donors (Lipinski definition) is 2. The molecular weight excluding hydrogens is 365 g/mol. The van der Waals surface area contributed by atoms with E-state index in [0.29, 0.717) is 17.1 Å². The number of anilines is 3. The van der Waals surface area contributed by atoms with E-state index in [1.165, 1.54) is 23.9 Å². The number of aryl methyl sites for hydroxylation is 2. The Morgan fingerprint density at radius 3 is 2.41 bits per heavy atom. The fraction of sp³-hybridized carbons (Fsp3) is 0.150. The van der Waals surface area contributed by atoms with Crippen molar-refractivity contribution in [3.05, 3.63) is 77.2 Å². The molecule has 140 valence electrons. The molecule has 0 saturated carbocycles. The van der Waals surface area contributed by atoms with Crippen LogP contribution in [0.2, 0.25) is 0 Å². The van der Waals surface area contributed by atoms with Crippen LogP contribution in [-0.2, 0) is 10.0 Å². The SMILES string of the molecule is Cc1cc(F)ccc1S(=O)(=O)Nc1ccc(Nc2cccc(C)c2C)nc1. The van der Waals surface area contributed by atoms with E-state index in [0.717, 1.165) is 17.3 Å². The zero-order valence-corrected chi connectivity index (χ0v) is 16.1. The number of rotatable bonds is 5. The third-order valence-corrected chi connectivity index (χ3v) is 5.85. The molecule has 0 aliphatic rings. The van der Waals surface area contributed by atoms with Crippen molar-refractivity contribution in [1.82, 2.24) is 4.98 Å². The van der Waals surface area contributed by atoms with Crippen molar-refractivity contribution >= 4 is 27.2 Å². The molecule has 0 saturated heterocycles. The van der Waals surface area contributed by atoms with Crippen LogP contribution in [0.1, 0.15) is 16.7 Å². The van der Waals surface area contributed by atoms with Gasteiger partial charge in [-0.15, -0.1) is 0 Å². The molecule has 0 fully saturated rings. The molecule has 5 nitrogen and oxygen atoms in total. The van der Waals surface area contributed by atoms with E-state index in [9.17, 15) is 12.8 Å². The predicted octanol–water partition coefficient (Wildman–Crippen LogP) is 4.69. The molecule has 1 aromatic heterocycles. The normalized spacial score (nSPS) is 11.3. The van der Waals surface area contributed by atoms with Gasteiger partial charge in [-0.25, -0.2) is 17.8 Å². The van der Waals surface area contributed by atoms with Gasteiger partial charge in [0.15, 0.2) is 0 Å². The fourth-order valence-electron chi connectivity index (χ4n) is 2.68. The van der Waals surface area contributed by atoms with Crippen LogP contribution in [-0.4, -0.2) is 13.4 Å². The van der Waals surface area contributed by atoms with Gasteiger partial charge < -0.3 is 5.32 Å². The van der Waals surface area contributed by atoms with Crippen LogP contribution in [0.5, 0.6) is 0 Å². The average Bonchev–Trinajstić information content (AvgIpc) is 2.60. The minimum Gasteiger partial charge on any atom is -0.340 e. The number of halogens is 1. The largest absolute Gasteiger partial charge is 0.340 e. The minimum absolute atomic E-state index is 0.0292. The first-order chi connectivity index (χ1) is 12.8. The lowest BCUT2D eigenvalue weighted by Crippen LogP contribution is -2.14. The maximum atomic E-state index is 13.2. The monoisotopic (exact) mass is 385 g/mol. The highest BCUT2D eigenvalue weighted by Gasteiger charge is 2.17. The topological polar surface area (TPSA) is 71.1 Å². The summed E-state index contributed by atoms with van der Waals surface area (Å²) < 4.78 is 40.7. The van der Waals surface area contributed by atoms with Gasteiger partial charge in [-0.1, -0.05) is 12.1 Å². The summed E-state index contributed by atoms with van der Waals surface area (Å²) in [6.07, 6.45) is 1.43. The van der Waals surface area contributed by atoms with Gasteiger partial charge in [0.05, 0.1) is 16.8 Å². The molecule has 0 unspecified atom stereocenters. The predicted molar refractivity (Wildman–Crippen MR) is 105 cm³/mol. The van der Waals surface area contributed by atoms with Crippen molar-refractivity contribution in [2.45, 2.75) is 25.7 Å². The fourth-order valence-corrected chi connectivity index (χ4v) is 3.95. The molecule has 0 amide bonds. The standard InChI is InChI=1S/C20H20FN3O2S/c1-13-5-4-6-18(15(13)3)23-20-10-8-17(12-22-20)24-27(25,26)19-9-7-16(21)11-14(19)2/h4-12,24H,1-3H3,(H,22,23). The van der Waals surface area contributed by atoms with Gasteiger partial charge in [0.25, 0.3) is 10.0 Å². The number of nitrogens with zero attached hydrogens (tertiary/aromatic N) is 1. The van der Waals surface area contributed by atoms with Crippen LogP contribution in [0.3, 0.4) is 0 Å². The highest BCUT2D eigenvalue weighted by molar-refractivity contribution is 7.92. The zero-order chi connectivity index (χ0) is 19.6. The van der Waals surface area contributed by atoms with E-state index in [1.807, 2.05) is 32.0 Å². The molecule has 0 spiro atoms. The van der Waals surface area contributed by atoms with E-state index in [1.54, 1.807) is 19.1 Å². The smallest absolute Gasteiger partial charge is 0.262 e. The molecule has 1 heterocycles. The molecule has 27 heavy (non-hydrogen) atoms. The summed E-state index contributed by atoms with van der Waals surface area (Å²) in [5, 5.41) is 3.22. The van der Waals surface area contributed by atoms with E-state index >= 15 is 0 Å². The summed E-state index contributed by atoms with van der Waals surface area (Å²) in [6, 6.07) is 12.8. The molecule has 3 aromatic rings. The minimum atomic E-state index is -3.82. The highest BCUT2D eigenvalue weighted by atomic mass is 32.2. The number of hydrogen-bond acceptors (Lipinski definition) is 4. The molecule has 3 rings (SSSR count). The van der Waals surface area contributed by atoms with Gasteiger partial charge in [-0.3, -0.25) is 4.72 Å². The lowest BCUT2D eigenvalue weighted by atomic mass is 10.1. The molecular formula is C20H20FN3O2S. The van der Waals surface area contributed by atoms with Crippen molar-refractivity contribution in [2.24, 2.45) is 0 Å². The van der Waals surface area contributed by atoms with Gasteiger partial charge in [0.1, 0.15) is 11.6 Å². The summed E-state index contributed by atoms with van der Waals surface area (Å²) in [5.41, 5.74) is 3.89. The van der Waals surface area contributed by atoms with E-state index in [4.69, 9.17) is 0 Å². The maximum absolute atomic E-state index is 13.2. The number of pyridine rings is 1. The Bertz CT molecular complexity index is 1080. The Labute approximate surface area is 158 Å². The number of sulfonamides is 1. The van der Waals surface area contributed by atoms with Gasteiger partial charge in [0, 0.05) is 5.69 Å². The first kappa shape index (κ1) is 18.8. The van der Waals surface area contributed by atoms with Gasteiger partial charge >= 0.3 is 0 Å². The number of benzene rings is 2. The van der Waals surface area contributed by atoms with Crippen molar-refractivity contribution in [1.29, 1.82) is 0 Å². The number of aromatic nitrogens is 1. The third-order valence-electron chi connectivity index (χ3n) is 4.31. The van der Waals surface area contributed by atoms with Crippen molar-refractivity contribution in [3.8, 4) is 0 Å². The lowest BCUT2D eigenvalue weighted by molar-refractivity contribution is 0.598. The molecule has 0 atom stereocenters. The third kappa shape index (κ3) is 4.25. The van der Waals surface area contributed by atoms with Crippen molar-refractivity contribution in [2.75, 3.05) is 10.0 Å². The van der Waals surface area contributed by atoms with Crippen LogP contribution < -0.4 is 10.0 Å². The zero-order valence-electron chi connectivity index (χ0n) is 15.2. The van der Waals surface area contributed by atoms with Crippen LogP contribution >= 0.6 is 0 Å².